The Hall–Kier alpha value is -2.11. The number of benzene rings is 1. The lowest BCUT2D eigenvalue weighted by Gasteiger charge is -2.37. The number of nitrogens with zero attached hydrogens (tertiary/aromatic N) is 2. The van der Waals surface area contributed by atoms with Crippen molar-refractivity contribution in [3.63, 3.8) is 0 Å². The third-order valence-electron chi connectivity index (χ3n) is 5.89. The van der Waals surface area contributed by atoms with Crippen molar-refractivity contribution in [1.29, 1.82) is 0 Å². The van der Waals surface area contributed by atoms with Crippen molar-refractivity contribution in [3.8, 4) is 0 Å². The van der Waals surface area contributed by atoms with Crippen LogP contribution in [0.4, 0.5) is 11.4 Å². The number of ether oxygens (including phenoxy) is 1. The van der Waals surface area contributed by atoms with Gasteiger partial charge in [-0.25, -0.2) is 0 Å². The third kappa shape index (κ3) is 4.65. The summed E-state index contributed by atoms with van der Waals surface area (Å²) in [6, 6.07) is 5.94. The zero-order valence-electron chi connectivity index (χ0n) is 17.2. The standard InChI is InChI=1S/C22H32N2O4/c1-4-28-22(25)19-13-18(19)16-10-11-20(21(12-16)24(26)27)23(14-15(2)3)17-8-6-5-7-9-17/h10-12,15,17-19H,4-9,13-14H2,1-3H3/t18-,19-/m1/s1. The van der Waals surface area contributed by atoms with E-state index in [4.69, 9.17) is 4.74 Å². The summed E-state index contributed by atoms with van der Waals surface area (Å²) in [5.41, 5.74) is 1.77. The van der Waals surface area contributed by atoms with E-state index in [0.29, 0.717) is 25.0 Å². The minimum Gasteiger partial charge on any atom is -0.466 e. The highest BCUT2D eigenvalue weighted by Crippen LogP contribution is 2.50. The Morgan fingerprint density at radius 3 is 2.61 bits per heavy atom. The first kappa shape index (κ1) is 20.6. The molecule has 0 radical (unpaired) electrons. The normalized spacial score (nSPS) is 22.1. The van der Waals surface area contributed by atoms with Crippen LogP contribution in [0.25, 0.3) is 0 Å². The van der Waals surface area contributed by atoms with E-state index in [1.807, 2.05) is 12.1 Å². The lowest BCUT2D eigenvalue weighted by molar-refractivity contribution is -0.384. The summed E-state index contributed by atoms with van der Waals surface area (Å²) in [4.78, 5) is 25.8. The molecule has 0 unspecified atom stereocenters. The maximum absolute atomic E-state index is 11.9. The van der Waals surface area contributed by atoms with Crippen molar-refractivity contribution in [2.45, 2.75) is 71.3 Å². The maximum atomic E-state index is 11.9. The second kappa shape index (κ2) is 8.93. The van der Waals surface area contributed by atoms with Crippen molar-refractivity contribution in [3.05, 3.63) is 33.9 Å². The van der Waals surface area contributed by atoms with Gasteiger partial charge in [0.1, 0.15) is 5.69 Å². The number of hydrogen-bond donors (Lipinski definition) is 0. The van der Waals surface area contributed by atoms with Gasteiger partial charge in [-0.15, -0.1) is 0 Å². The monoisotopic (exact) mass is 388 g/mol. The Labute approximate surface area is 167 Å². The van der Waals surface area contributed by atoms with E-state index in [2.05, 4.69) is 18.7 Å². The quantitative estimate of drug-likeness (QED) is 0.354. The Balaban J connectivity index is 1.87. The Morgan fingerprint density at radius 1 is 1.29 bits per heavy atom. The molecule has 154 valence electrons. The van der Waals surface area contributed by atoms with Gasteiger partial charge in [-0.1, -0.05) is 39.2 Å². The van der Waals surface area contributed by atoms with Crippen molar-refractivity contribution >= 4 is 17.3 Å². The molecular formula is C22H32N2O4. The molecule has 0 amide bonds. The molecule has 0 aliphatic heterocycles. The SMILES string of the molecule is CCOC(=O)[C@@H]1C[C@@H]1c1ccc(N(CC(C)C)C2CCCCC2)c([N+](=O)[O-])c1. The third-order valence-corrected chi connectivity index (χ3v) is 5.89. The van der Waals surface area contributed by atoms with Crippen LogP contribution in [0.2, 0.25) is 0 Å². The van der Waals surface area contributed by atoms with Gasteiger partial charge in [-0.05, 0) is 49.7 Å². The zero-order valence-corrected chi connectivity index (χ0v) is 17.2. The molecule has 2 saturated carbocycles. The van der Waals surface area contributed by atoms with Gasteiger partial charge >= 0.3 is 5.97 Å². The highest BCUT2D eigenvalue weighted by atomic mass is 16.6. The zero-order chi connectivity index (χ0) is 20.3. The average Bonchev–Trinajstić information content (AvgIpc) is 3.47. The minimum atomic E-state index is -0.267. The molecule has 0 saturated heterocycles. The van der Waals surface area contributed by atoms with Crippen LogP contribution in [-0.2, 0) is 9.53 Å². The Kier molecular flexibility index (Phi) is 6.57. The summed E-state index contributed by atoms with van der Waals surface area (Å²) in [7, 11) is 0. The van der Waals surface area contributed by atoms with Crippen LogP contribution in [0.3, 0.4) is 0 Å². The highest BCUT2D eigenvalue weighted by Gasteiger charge is 2.46. The van der Waals surface area contributed by atoms with Crippen molar-refractivity contribution < 1.29 is 14.5 Å². The lowest BCUT2D eigenvalue weighted by atomic mass is 9.92. The summed E-state index contributed by atoms with van der Waals surface area (Å²) in [5, 5.41) is 11.9. The van der Waals surface area contributed by atoms with Crippen LogP contribution in [0, 0.1) is 22.0 Å². The number of anilines is 1. The lowest BCUT2D eigenvalue weighted by Crippen LogP contribution is -2.39. The second-order valence-electron chi connectivity index (χ2n) is 8.54. The van der Waals surface area contributed by atoms with Crippen LogP contribution < -0.4 is 4.90 Å². The summed E-state index contributed by atoms with van der Waals surface area (Å²) >= 11 is 0. The molecule has 3 rings (SSSR count). The van der Waals surface area contributed by atoms with Crippen LogP contribution in [0.15, 0.2) is 18.2 Å². The average molecular weight is 389 g/mol. The fourth-order valence-corrected chi connectivity index (χ4v) is 4.46. The number of hydrogen-bond acceptors (Lipinski definition) is 5. The molecule has 2 atom stereocenters. The molecule has 2 fully saturated rings. The Morgan fingerprint density at radius 2 is 2.00 bits per heavy atom. The van der Waals surface area contributed by atoms with E-state index in [9.17, 15) is 14.9 Å². The van der Waals surface area contributed by atoms with E-state index in [1.54, 1.807) is 13.0 Å². The van der Waals surface area contributed by atoms with Gasteiger partial charge in [0, 0.05) is 18.7 Å². The first-order valence-corrected chi connectivity index (χ1v) is 10.6. The van der Waals surface area contributed by atoms with Gasteiger partial charge in [0.15, 0.2) is 0 Å². The topological polar surface area (TPSA) is 72.7 Å². The van der Waals surface area contributed by atoms with E-state index >= 15 is 0 Å². The van der Waals surface area contributed by atoms with Gasteiger partial charge in [0.2, 0.25) is 0 Å². The molecule has 6 nitrogen and oxygen atoms in total. The van der Waals surface area contributed by atoms with Crippen LogP contribution in [-0.4, -0.2) is 30.1 Å². The molecule has 1 aromatic carbocycles. The predicted molar refractivity (Wildman–Crippen MR) is 110 cm³/mol. The number of nitro groups is 1. The van der Waals surface area contributed by atoms with Crippen LogP contribution >= 0.6 is 0 Å². The van der Waals surface area contributed by atoms with Crippen molar-refractivity contribution in [1.82, 2.24) is 0 Å². The predicted octanol–water partition coefficient (Wildman–Crippen LogP) is 5.06. The smallest absolute Gasteiger partial charge is 0.309 e. The number of carbonyl (C=O) groups is 1. The maximum Gasteiger partial charge on any atom is 0.309 e. The molecule has 2 aliphatic carbocycles. The molecule has 2 aliphatic rings. The number of esters is 1. The summed E-state index contributed by atoms with van der Waals surface area (Å²) in [6.07, 6.45) is 6.54. The molecule has 0 heterocycles. The van der Waals surface area contributed by atoms with E-state index in [0.717, 1.165) is 30.6 Å². The summed E-state index contributed by atoms with van der Waals surface area (Å²) < 4.78 is 5.10. The molecule has 6 heteroatoms. The van der Waals surface area contributed by atoms with Gasteiger partial charge in [-0.3, -0.25) is 14.9 Å². The largest absolute Gasteiger partial charge is 0.466 e. The van der Waals surface area contributed by atoms with Gasteiger partial charge in [0.05, 0.1) is 17.4 Å². The fourth-order valence-electron chi connectivity index (χ4n) is 4.46. The molecular weight excluding hydrogens is 356 g/mol. The van der Waals surface area contributed by atoms with Gasteiger partial charge < -0.3 is 9.64 Å². The van der Waals surface area contributed by atoms with Crippen LogP contribution in [0.1, 0.15) is 70.8 Å². The van der Waals surface area contributed by atoms with E-state index in [1.165, 1.54) is 19.3 Å². The van der Waals surface area contributed by atoms with Crippen molar-refractivity contribution in [2.24, 2.45) is 11.8 Å². The van der Waals surface area contributed by atoms with Gasteiger partial charge in [-0.2, -0.15) is 0 Å². The first-order valence-electron chi connectivity index (χ1n) is 10.6. The first-order chi connectivity index (χ1) is 13.4. The highest BCUT2D eigenvalue weighted by molar-refractivity contribution is 5.78. The van der Waals surface area contributed by atoms with Gasteiger partial charge in [0.25, 0.3) is 5.69 Å². The van der Waals surface area contributed by atoms with Crippen LogP contribution in [0.5, 0.6) is 0 Å². The molecule has 28 heavy (non-hydrogen) atoms. The summed E-state index contributed by atoms with van der Waals surface area (Å²) in [5.74, 6) is 0.122. The molecule has 0 bridgehead atoms. The molecule has 0 N–H and O–H groups in total. The molecule has 1 aromatic rings. The molecule has 0 aromatic heterocycles. The number of carbonyl (C=O) groups excluding carboxylic acids is 1. The van der Waals surface area contributed by atoms with E-state index in [-0.39, 0.29) is 28.4 Å². The van der Waals surface area contributed by atoms with E-state index < -0.39 is 0 Å². The Bertz CT molecular complexity index is 712. The fraction of sp³-hybridized carbons (Fsp3) is 0.682. The minimum absolute atomic E-state index is 0.0417. The number of nitro benzene ring substituents is 1. The number of rotatable bonds is 8. The van der Waals surface area contributed by atoms with Crippen molar-refractivity contribution in [2.75, 3.05) is 18.1 Å². The summed E-state index contributed by atoms with van der Waals surface area (Å²) in [6.45, 7) is 7.30. The second-order valence-corrected chi connectivity index (χ2v) is 8.54. The molecule has 0 spiro atoms.